The lowest BCUT2D eigenvalue weighted by Gasteiger charge is -2.11. The summed E-state index contributed by atoms with van der Waals surface area (Å²) in [5.74, 6) is 0.850. The predicted octanol–water partition coefficient (Wildman–Crippen LogP) is 3.66. The van der Waals surface area contributed by atoms with E-state index in [2.05, 4.69) is 34.5 Å². The van der Waals surface area contributed by atoms with Gasteiger partial charge in [-0.1, -0.05) is 31.0 Å². The van der Waals surface area contributed by atoms with Gasteiger partial charge in [-0.05, 0) is 37.8 Å². The number of aromatic nitrogens is 1. The lowest BCUT2D eigenvalue weighted by atomic mass is 10.2. The van der Waals surface area contributed by atoms with E-state index in [1.165, 1.54) is 6.42 Å². The van der Waals surface area contributed by atoms with Crippen LogP contribution in [0.15, 0.2) is 23.3 Å². The van der Waals surface area contributed by atoms with Gasteiger partial charge in [0.1, 0.15) is 5.15 Å². The van der Waals surface area contributed by atoms with Gasteiger partial charge in [0.05, 0.1) is 0 Å². The molecule has 0 unspecified atom stereocenters. The summed E-state index contributed by atoms with van der Waals surface area (Å²) >= 11 is 5.78. The zero-order chi connectivity index (χ0) is 16.8. The average molecular weight is 469 g/mol. The maximum Gasteiger partial charge on any atom is 0.191 e. The van der Waals surface area contributed by atoms with Crippen LogP contribution in [0.2, 0.25) is 5.15 Å². The molecule has 0 saturated carbocycles. The summed E-state index contributed by atoms with van der Waals surface area (Å²) in [7, 11) is 0. The van der Waals surface area contributed by atoms with E-state index in [1.807, 2.05) is 18.3 Å². The fourth-order valence-electron chi connectivity index (χ4n) is 1.93. The Labute approximate surface area is 168 Å². The topological polar surface area (TPSA) is 58.5 Å². The maximum absolute atomic E-state index is 5.78. The standard InChI is InChI=1S/C17H29ClN4O.HI/c1-3-5-12-23-13-6-10-20-17(19-4-2)21-11-9-15-7-8-16(18)22-14-15;/h7-8,14H,3-6,9-13H2,1-2H3,(H2,19,20,21);1H. The molecule has 0 saturated heterocycles. The summed E-state index contributed by atoms with van der Waals surface area (Å²) in [4.78, 5) is 8.64. The number of hydrogen-bond acceptors (Lipinski definition) is 3. The second kappa shape index (κ2) is 15.9. The molecule has 0 atom stereocenters. The van der Waals surface area contributed by atoms with Gasteiger partial charge in [-0.2, -0.15) is 0 Å². The summed E-state index contributed by atoms with van der Waals surface area (Å²) < 4.78 is 5.54. The van der Waals surface area contributed by atoms with Crippen LogP contribution in [0, 0.1) is 0 Å². The fourth-order valence-corrected chi connectivity index (χ4v) is 2.04. The van der Waals surface area contributed by atoms with Crippen LogP contribution in [0.25, 0.3) is 0 Å². The predicted molar refractivity (Wildman–Crippen MR) is 113 cm³/mol. The van der Waals surface area contributed by atoms with Gasteiger partial charge in [0.2, 0.25) is 0 Å². The first-order valence-corrected chi connectivity index (χ1v) is 8.84. The highest BCUT2D eigenvalue weighted by Gasteiger charge is 1.98. The molecule has 0 aliphatic heterocycles. The Kier molecular flexibility index (Phi) is 15.5. The second-order valence-electron chi connectivity index (χ2n) is 5.25. The number of unbranched alkanes of at least 4 members (excludes halogenated alkanes) is 1. The van der Waals surface area contributed by atoms with E-state index in [0.717, 1.165) is 63.6 Å². The Morgan fingerprint density at radius 3 is 2.67 bits per heavy atom. The van der Waals surface area contributed by atoms with Crippen molar-refractivity contribution in [3.63, 3.8) is 0 Å². The molecule has 1 aromatic rings. The van der Waals surface area contributed by atoms with E-state index in [-0.39, 0.29) is 24.0 Å². The largest absolute Gasteiger partial charge is 0.381 e. The number of guanidine groups is 1. The van der Waals surface area contributed by atoms with Gasteiger partial charge < -0.3 is 15.4 Å². The van der Waals surface area contributed by atoms with Crippen molar-refractivity contribution in [1.82, 2.24) is 15.6 Å². The van der Waals surface area contributed by atoms with E-state index >= 15 is 0 Å². The Morgan fingerprint density at radius 1 is 1.21 bits per heavy atom. The first-order chi connectivity index (χ1) is 11.3. The van der Waals surface area contributed by atoms with E-state index < -0.39 is 0 Å². The quantitative estimate of drug-likeness (QED) is 0.171. The molecule has 0 aliphatic rings. The minimum absolute atomic E-state index is 0. The lowest BCUT2D eigenvalue weighted by molar-refractivity contribution is 0.130. The second-order valence-corrected chi connectivity index (χ2v) is 5.63. The zero-order valence-electron chi connectivity index (χ0n) is 14.7. The van der Waals surface area contributed by atoms with Crippen LogP contribution in [-0.2, 0) is 11.2 Å². The van der Waals surface area contributed by atoms with Crippen molar-refractivity contribution in [1.29, 1.82) is 0 Å². The van der Waals surface area contributed by atoms with Crippen LogP contribution in [0.5, 0.6) is 0 Å². The van der Waals surface area contributed by atoms with E-state index in [4.69, 9.17) is 16.3 Å². The first-order valence-electron chi connectivity index (χ1n) is 8.46. The SMILES string of the molecule is CCCCOCCCN=C(NCC)NCCc1ccc(Cl)nc1.I. The third-order valence-corrected chi connectivity index (χ3v) is 3.42. The van der Waals surface area contributed by atoms with Gasteiger partial charge in [0.25, 0.3) is 0 Å². The minimum Gasteiger partial charge on any atom is -0.381 e. The van der Waals surface area contributed by atoms with E-state index in [9.17, 15) is 0 Å². The molecule has 0 bridgehead atoms. The van der Waals surface area contributed by atoms with E-state index in [1.54, 1.807) is 0 Å². The smallest absolute Gasteiger partial charge is 0.191 e. The Morgan fingerprint density at radius 2 is 2.00 bits per heavy atom. The highest BCUT2D eigenvalue weighted by Crippen LogP contribution is 2.05. The number of nitrogens with zero attached hydrogens (tertiary/aromatic N) is 2. The van der Waals surface area contributed by atoms with Gasteiger partial charge in [-0.3, -0.25) is 4.99 Å². The summed E-state index contributed by atoms with van der Waals surface area (Å²) in [5.41, 5.74) is 1.15. The highest BCUT2D eigenvalue weighted by atomic mass is 127. The molecular formula is C17H30ClIN4O. The lowest BCUT2D eigenvalue weighted by Crippen LogP contribution is -2.38. The van der Waals surface area contributed by atoms with Crippen molar-refractivity contribution in [2.45, 2.75) is 39.5 Å². The molecular weight excluding hydrogens is 439 g/mol. The molecule has 5 nitrogen and oxygen atoms in total. The Balaban J connectivity index is 0.00000529. The van der Waals surface area contributed by atoms with Crippen LogP contribution in [0.3, 0.4) is 0 Å². The first kappa shape index (κ1) is 23.4. The molecule has 1 heterocycles. The molecule has 1 aromatic heterocycles. The third kappa shape index (κ3) is 11.9. The van der Waals surface area contributed by atoms with Crippen LogP contribution < -0.4 is 10.6 Å². The monoisotopic (exact) mass is 468 g/mol. The Hall–Kier alpha value is -0.600. The van der Waals surface area contributed by atoms with Gasteiger partial charge in [-0.15, -0.1) is 24.0 Å². The molecule has 0 aliphatic carbocycles. The van der Waals surface area contributed by atoms with Gasteiger partial charge in [0, 0.05) is 39.0 Å². The molecule has 7 heteroatoms. The van der Waals surface area contributed by atoms with Gasteiger partial charge in [-0.25, -0.2) is 4.98 Å². The minimum atomic E-state index is 0. The van der Waals surface area contributed by atoms with Crippen molar-refractivity contribution in [3.05, 3.63) is 29.0 Å². The number of halogens is 2. The molecule has 0 fully saturated rings. The third-order valence-electron chi connectivity index (χ3n) is 3.20. The molecule has 138 valence electrons. The summed E-state index contributed by atoms with van der Waals surface area (Å²) in [6.45, 7) is 8.29. The highest BCUT2D eigenvalue weighted by molar-refractivity contribution is 14.0. The van der Waals surface area contributed by atoms with Gasteiger partial charge in [0.15, 0.2) is 5.96 Å². The number of ether oxygens (including phenoxy) is 1. The Bertz CT molecular complexity index is 443. The van der Waals surface area contributed by atoms with Crippen LogP contribution in [-0.4, -0.2) is 43.8 Å². The normalized spacial score (nSPS) is 11.0. The van der Waals surface area contributed by atoms with Gasteiger partial charge >= 0.3 is 0 Å². The number of pyridine rings is 1. The van der Waals surface area contributed by atoms with Crippen LogP contribution in [0.1, 0.15) is 38.7 Å². The summed E-state index contributed by atoms with van der Waals surface area (Å²) in [6.07, 6.45) is 5.95. The molecule has 1 rings (SSSR count). The number of nitrogens with one attached hydrogen (secondary N) is 2. The molecule has 0 spiro atoms. The van der Waals surface area contributed by atoms with Crippen molar-refractivity contribution < 1.29 is 4.74 Å². The number of aliphatic imine (C=N–C) groups is 1. The number of rotatable bonds is 11. The average Bonchev–Trinajstić information content (AvgIpc) is 2.56. The zero-order valence-corrected chi connectivity index (χ0v) is 17.8. The maximum atomic E-state index is 5.78. The molecule has 24 heavy (non-hydrogen) atoms. The fraction of sp³-hybridized carbons (Fsp3) is 0.647. The summed E-state index contributed by atoms with van der Waals surface area (Å²) in [5, 5.41) is 7.11. The van der Waals surface area contributed by atoms with Crippen LogP contribution >= 0.6 is 35.6 Å². The molecule has 0 aromatic carbocycles. The molecule has 0 radical (unpaired) electrons. The van der Waals surface area contributed by atoms with Crippen LogP contribution in [0.4, 0.5) is 0 Å². The van der Waals surface area contributed by atoms with Crippen molar-refractivity contribution in [3.8, 4) is 0 Å². The van der Waals surface area contributed by atoms with Crippen molar-refractivity contribution in [2.75, 3.05) is 32.8 Å². The van der Waals surface area contributed by atoms with E-state index in [0.29, 0.717) is 5.15 Å². The molecule has 2 N–H and O–H groups in total. The van der Waals surface area contributed by atoms with Crippen molar-refractivity contribution in [2.24, 2.45) is 4.99 Å². The molecule has 0 amide bonds. The summed E-state index contributed by atoms with van der Waals surface area (Å²) in [6, 6.07) is 3.81. The number of hydrogen-bond donors (Lipinski definition) is 2. The van der Waals surface area contributed by atoms with Crippen molar-refractivity contribution >= 4 is 41.5 Å².